The Morgan fingerprint density at radius 2 is 1.72 bits per heavy atom. The molecule has 1 rings (SSSR count). The number of hydrogen-bond acceptors (Lipinski definition) is 4. The minimum absolute atomic E-state index is 0.130. The Labute approximate surface area is 107 Å². The van der Waals surface area contributed by atoms with E-state index in [0.29, 0.717) is 5.56 Å². The van der Waals surface area contributed by atoms with Crippen LogP contribution in [0.1, 0.15) is 19.4 Å². The lowest BCUT2D eigenvalue weighted by Gasteiger charge is -2.13. The third-order valence-electron chi connectivity index (χ3n) is 2.41. The molecule has 0 atom stereocenters. The fourth-order valence-corrected chi connectivity index (χ4v) is 2.46. The molecule has 0 radical (unpaired) electrons. The molecule has 0 heterocycles. The van der Waals surface area contributed by atoms with Gasteiger partial charge < -0.3 is 0 Å². The van der Waals surface area contributed by atoms with E-state index >= 15 is 0 Å². The standard InChI is InChI=1S/C10H16N2O4S2/c1-7(2)18(15,16)12-10-6-9(17(11,13)14)5-4-8(10)3/h4-7,12H,1-3H3,(H2,11,13,14). The molecule has 0 aliphatic rings. The van der Waals surface area contributed by atoms with Gasteiger partial charge in [0.15, 0.2) is 0 Å². The summed E-state index contributed by atoms with van der Waals surface area (Å²) in [6.07, 6.45) is 0. The Bertz CT molecular complexity index is 648. The Morgan fingerprint density at radius 3 is 2.17 bits per heavy atom. The lowest BCUT2D eigenvalue weighted by atomic mass is 10.2. The van der Waals surface area contributed by atoms with Crippen molar-refractivity contribution in [3.8, 4) is 0 Å². The normalized spacial score (nSPS) is 12.7. The number of primary sulfonamides is 1. The van der Waals surface area contributed by atoms with Crippen molar-refractivity contribution in [3.05, 3.63) is 23.8 Å². The summed E-state index contributed by atoms with van der Waals surface area (Å²) in [6, 6.07) is 4.04. The van der Waals surface area contributed by atoms with Gasteiger partial charge in [0.05, 0.1) is 15.8 Å². The van der Waals surface area contributed by atoms with Crippen molar-refractivity contribution in [2.75, 3.05) is 4.72 Å². The first kappa shape index (κ1) is 14.9. The summed E-state index contributed by atoms with van der Waals surface area (Å²) in [4.78, 5) is -0.130. The van der Waals surface area contributed by atoms with E-state index in [1.807, 2.05) is 0 Å². The largest absolute Gasteiger partial charge is 0.283 e. The van der Waals surface area contributed by atoms with Gasteiger partial charge in [-0.15, -0.1) is 0 Å². The zero-order chi connectivity index (χ0) is 14.1. The van der Waals surface area contributed by atoms with E-state index in [0.717, 1.165) is 0 Å². The van der Waals surface area contributed by atoms with E-state index in [2.05, 4.69) is 4.72 Å². The van der Waals surface area contributed by atoms with Gasteiger partial charge in [-0.2, -0.15) is 0 Å². The van der Waals surface area contributed by atoms with Crippen LogP contribution in [0.4, 0.5) is 5.69 Å². The number of benzene rings is 1. The van der Waals surface area contributed by atoms with Crippen molar-refractivity contribution in [1.82, 2.24) is 0 Å². The predicted molar refractivity (Wildman–Crippen MR) is 70.2 cm³/mol. The molecule has 1 aromatic carbocycles. The van der Waals surface area contributed by atoms with Crippen LogP contribution in [0.15, 0.2) is 23.1 Å². The summed E-state index contributed by atoms with van der Waals surface area (Å²) < 4.78 is 48.2. The van der Waals surface area contributed by atoms with E-state index < -0.39 is 25.3 Å². The Kier molecular flexibility index (Phi) is 4.04. The van der Waals surface area contributed by atoms with Crippen molar-refractivity contribution in [2.24, 2.45) is 5.14 Å². The van der Waals surface area contributed by atoms with Crippen LogP contribution in [-0.2, 0) is 20.0 Å². The number of aryl methyl sites for hydroxylation is 1. The maximum Gasteiger partial charge on any atom is 0.238 e. The second-order valence-corrected chi connectivity index (χ2v) is 8.02. The lowest BCUT2D eigenvalue weighted by Crippen LogP contribution is -2.23. The molecule has 18 heavy (non-hydrogen) atoms. The first-order valence-corrected chi connectivity index (χ1v) is 8.28. The maximum absolute atomic E-state index is 11.7. The number of anilines is 1. The van der Waals surface area contributed by atoms with Crippen molar-refractivity contribution < 1.29 is 16.8 Å². The van der Waals surface area contributed by atoms with Crippen LogP contribution in [0.5, 0.6) is 0 Å². The predicted octanol–water partition coefficient (Wildman–Crippen LogP) is 0.793. The van der Waals surface area contributed by atoms with Gasteiger partial charge in [0, 0.05) is 0 Å². The molecule has 0 fully saturated rings. The lowest BCUT2D eigenvalue weighted by molar-refractivity contribution is 0.591. The molecule has 0 aliphatic carbocycles. The maximum atomic E-state index is 11.7. The topological polar surface area (TPSA) is 106 Å². The molecule has 0 amide bonds. The first-order valence-electron chi connectivity index (χ1n) is 5.19. The molecule has 0 bridgehead atoms. The van der Waals surface area contributed by atoms with Gasteiger partial charge in [0.2, 0.25) is 20.0 Å². The third kappa shape index (κ3) is 3.44. The minimum atomic E-state index is -3.85. The van der Waals surface area contributed by atoms with Gasteiger partial charge >= 0.3 is 0 Å². The summed E-state index contributed by atoms with van der Waals surface area (Å²) in [5.41, 5.74) is 0.835. The molecule has 0 saturated carbocycles. The first-order chi connectivity index (χ1) is 8.04. The van der Waals surface area contributed by atoms with Crippen molar-refractivity contribution in [2.45, 2.75) is 30.9 Å². The highest BCUT2D eigenvalue weighted by atomic mass is 32.2. The summed E-state index contributed by atoms with van der Waals surface area (Å²) in [5, 5.41) is 4.38. The molecular formula is C10H16N2O4S2. The Balaban J connectivity index is 3.27. The van der Waals surface area contributed by atoms with E-state index in [-0.39, 0.29) is 10.6 Å². The molecule has 102 valence electrons. The summed E-state index contributed by atoms with van der Waals surface area (Å²) >= 11 is 0. The highest BCUT2D eigenvalue weighted by Crippen LogP contribution is 2.21. The number of nitrogens with two attached hydrogens (primary N) is 1. The smallest absolute Gasteiger partial charge is 0.238 e. The van der Waals surface area contributed by atoms with Crippen molar-refractivity contribution in [1.29, 1.82) is 0 Å². The fraction of sp³-hybridized carbons (Fsp3) is 0.400. The van der Waals surface area contributed by atoms with E-state index in [9.17, 15) is 16.8 Å². The van der Waals surface area contributed by atoms with Crippen LogP contribution < -0.4 is 9.86 Å². The summed E-state index contributed by atoms with van der Waals surface area (Å²) in [7, 11) is -7.37. The second-order valence-electron chi connectivity index (χ2n) is 4.22. The SMILES string of the molecule is Cc1ccc(S(N)(=O)=O)cc1NS(=O)(=O)C(C)C. The van der Waals surface area contributed by atoms with E-state index in [1.165, 1.54) is 32.0 Å². The highest BCUT2D eigenvalue weighted by molar-refractivity contribution is 7.93. The van der Waals surface area contributed by atoms with Gasteiger partial charge in [-0.25, -0.2) is 22.0 Å². The molecule has 0 saturated heterocycles. The van der Waals surface area contributed by atoms with Crippen LogP contribution in [0, 0.1) is 6.92 Å². The summed E-state index contributed by atoms with van der Waals surface area (Å²) in [6.45, 7) is 4.73. The van der Waals surface area contributed by atoms with Gasteiger partial charge in [-0.3, -0.25) is 4.72 Å². The van der Waals surface area contributed by atoms with Crippen LogP contribution >= 0.6 is 0 Å². The molecule has 0 unspecified atom stereocenters. The van der Waals surface area contributed by atoms with Crippen LogP contribution in [0.3, 0.4) is 0 Å². The molecule has 0 aromatic heterocycles. The molecule has 8 heteroatoms. The van der Waals surface area contributed by atoms with Crippen LogP contribution in [-0.4, -0.2) is 22.1 Å². The quantitative estimate of drug-likeness (QED) is 0.855. The van der Waals surface area contributed by atoms with Crippen LogP contribution in [0.25, 0.3) is 0 Å². The van der Waals surface area contributed by atoms with Crippen molar-refractivity contribution in [3.63, 3.8) is 0 Å². The highest BCUT2D eigenvalue weighted by Gasteiger charge is 2.18. The van der Waals surface area contributed by atoms with Gasteiger partial charge in [0.1, 0.15) is 0 Å². The fourth-order valence-electron chi connectivity index (χ4n) is 1.16. The number of hydrogen-bond donors (Lipinski definition) is 2. The second kappa shape index (κ2) is 4.87. The number of nitrogens with one attached hydrogen (secondary N) is 1. The van der Waals surface area contributed by atoms with Crippen molar-refractivity contribution >= 4 is 25.7 Å². The molecule has 3 N–H and O–H groups in total. The molecule has 0 aliphatic heterocycles. The molecule has 6 nitrogen and oxygen atoms in total. The zero-order valence-corrected chi connectivity index (χ0v) is 12.0. The van der Waals surface area contributed by atoms with Gasteiger partial charge in [-0.05, 0) is 38.5 Å². The zero-order valence-electron chi connectivity index (χ0n) is 10.3. The average molecular weight is 292 g/mol. The third-order valence-corrected chi connectivity index (χ3v) is 5.07. The monoisotopic (exact) mass is 292 g/mol. The Morgan fingerprint density at radius 1 is 1.17 bits per heavy atom. The average Bonchev–Trinajstić information content (AvgIpc) is 2.19. The van der Waals surface area contributed by atoms with Gasteiger partial charge in [-0.1, -0.05) is 6.07 Å². The number of rotatable bonds is 4. The molecule has 0 spiro atoms. The number of sulfonamides is 2. The van der Waals surface area contributed by atoms with Crippen LogP contribution in [0.2, 0.25) is 0 Å². The minimum Gasteiger partial charge on any atom is -0.283 e. The molecule has 1 aromatic rings. The van der Waals surface area contributed by atoms with E-state index in [1.54, 1.807) is 6.92 Å². The Hall–Kier alpha value is -1.12. The molecular weight excluding hydrogens is 276 g/mol. The van der Waals surface area contributed by atoms with Gasteiger partial charge in [0.25, 0.3) is 0 Å². The summed E-state index contributed by atoms with van der Waals surface area (Å²) in [5.74, 6) is 0. The van der Waals surface area contributed by atoms with E-state index in [4.69, 9.17) is 5.14 Å².